The van der Waals surface area contributed by atoms with Crippen molar-refractivity contribution < 1.29 is 18.7 Å². The third kappa shape index (κ3) is 5.92. The van der Waals surface area contributed by atoms with Crippen molar-refractivity contribution in [3.05, 3.63) is 28.7 Å². The van der Waals surface area contributed by atoms with E-state index in [0.717, 1.165) is 10.8 Å². The van der Waals surface area contributed by atoms with E-state index in [9.17, 15) is 14.0 Å². The molecule has 20 heavy (non-hydrogen) atoms. The normalized spacial score (nSPS) is 11.4. The van der Waals surface area contributed by atoms with Crippen LogP contribution in [-0.4, -0.2) is 34.3 Å². The fourth-order valence-corrected chi connectivity index (χ4v) is 1.40. The highest BCUT2D eigenvalue weighted by atomic mass is 19.1. The van der Waals surface area contributed by atoms with Crippen LogP contribution in [0.25, 0.3) is 0 Å². The van der Waals surface area contributed by atoms with E-state index < -0.39 is 17.0 Å². The van der Waals surface area contributed by atoms with Gasteiger partial charge in [-0.2, -0.15) is 4.39 Å². The maximum atomic E-state index is 12.9. The van der Waals surface area contributed by atoms with Gasteiger partial charge in [0.25, 0.3) is 5.56 Å². The smallest absolute Gasteiger partial charge is 0.308 e. The SMILES string of the molecule is CC(C)(C)OC(=O)CCOCCn1cncc(F)c1=O. The fourth-order valence-electron chi connectivity index (χ4n) is 1.40. The van der Waals surface area contributed by atoms with Gasteiger partial charge >= 0.3 is 5.97 Å². The number of carbonyl (C=O) groups excluding carboxylic acids is 1. The molecular formula is C13H19FN2O4. The topological polar surface area (TPSA) is 70.4 Å². The number of hydrogen-bond acceptors (Lipinski definition) is 5. The van der Waals surface area contributed by atoms with Crippen molar-refractivity contribution in [3.8, 4) is 0 Å². The third-order valence-corrected chi connectivity index (χ3v) is 2.21. The van der Waals surface area contributed by atoms with Crippen LogP contribution in [0.2, 0.25) is 0 Å². The van der Waals surface area contributed by atoms with Gasteiger partial charge < -0.3 is 9.47 Å². The van der Waals surface area contributed by atoms with E-state index in [1.165, 1.54) is 6.33 Å². The van der Waals surface area contributed by atoms with Crippen LogP contribution in [0.1, 0.15) is 27.2 Å². The number of ether oxygens (including phenoxy) is 2. The van der Waals surface area contributed by atoms with Crippen LogP contribution in [-0.2, 0) is 20.8 Å². The van der Waals surface area contributed by atoms with E-state index in [0.29, 0.717) is 0 Å². The monoisotopic (exact) mass is 286 g/mol. The largest absolute Gasteiger partial charge is 0.460 e. The van der Waals surface area contributed by atoms with Crippen molar-refractivity contribution in [1.29, 1.82) is 0 Å². The summed E-state index contributed by atoms with van der Waals surface area (Å²) < 4.78 is 24.3. The minimum atomic E-state index is -0.902. The van der Waals surface area contributed by atoms with E-state index in [-0.39, 0.29) is 32.1 Å². The van der Waals surface area contributed by atoms with Gasteiger partial charge in [-0.15, -0.1) is 0 Å². The predicted molar refractivity (Wildman–Crippen MR) is 69.7 cm³/mol. The van der Waals surface area contributed by atoms with Crippen molar-refractivity contribution in [2.75, 3.05) is 13.2 Å². The van der Waals surface area contributed by atoms with Gasteiger partial charge in [-0.1, -0.05) is 0 Å². The Morgan fingerprint density at radius 2 is 2.10 bits per heavy atom. The molecule has 0 fully saturated rings. The highest BCUT2D eigenvalue weighted by Crippen LogP contribution is 2.07. The van der Waals surface area contributed by atoms with E-state index in [1.807, 2.05) is 0 Å². The fraction of sp³-hybridized carbons (Fsp3) is 0.615. The van der Waals surface area contributed by atoms with Crippen molar-refractivity contribution in [2.45, 2.75) is 39.3 Å². The Balaban J connectivity index is 2.24. The Morgan fingerprint density at radius 3 is 2.75 bits per heavy atom. The highest BCUT2D eigenvalue weighted by Gasteiger charge is 2.15. The first kappa shape index (κ1) is 16.3. The molecular weight excluding hydrogens is 267 g/mol. The first-order valence-corrected chi connectivity index (χ1v) is 6.29. The molecule has 0 N–H and O–H groups in total. The summed E-state index contributed by atoms with van der Waals surface area (Å²) in [5, 5.41) is 0. The van der Waals surface area contributed by atoms with Gasteiger partial charge in [0.05, 0.1) is 38.7 Å². The summed E-state index contributed by atoms with van der Waals surface area (Å²) in [5.74, 6) is -1.25. The number of aromatic nitrogens is 2. The Hall–Kier alpha value is -1.76. The molecule has 0 aliphatic heterocycles. The second-order valence-corrected chi connectivity index (χ2v) is 5.19. The van der Waals surface area contributed by atoms with Crippen molar-refractivity contribution in [3.63, 3.8) is 0 Å². The molecule has 1 heterocycles. The lowest BCUT2D eigenvalue weighted by Crippen LogP contribution is -2.26. The maximum absolute atomic E-state index is 12.9. The number of hydrogen-bond donors (Lipinski definition) is 0. The second kappa shape index (κ2) is 7.14. The Kier molecular flexibility index (Phi) is 5.82. The predicted octanol–water partition coefficient (Wildman–Crippen LogP) is 1.13. The van der Waals surface area contributed by atoms with E-state index in [4.69, 9.17) is 9.47 Å². The van der Waals surface area contributed by atoms with Gasteiger partial charge in [0.15, 0.2) is 0 Å². The first-order valence-electron chi connectivity index (χ1n) is 6.29. The summed E-state index contributed by atoms with van der Waals surface area (Å²) in [7, 11) is 0. The number of carbonyl (C=O) groups is 1. The second-order valence-electron chi connectivity index (χ2n) is 5.19. The van der Waals surface area contributed by atoms with Crippen LogP contribution in [0, 0.1) is 5.82 Å². The molecule has 1 aromatic heterocycles. The minimum Gasteiger partial charge on any atom is -0.460 e. The molecule has 6 nitrogen and oxygen atoms in total. The zero-order valence-corrected chi connectivity index (χ0v) is 11.9. The van der Waals surface area contributed by atoms with Gasteiger partial charge in [0.1, 0.15) is 5.60 Å². The molecule has 0 saturated carbocycles. The van der Waals surface area contributed by atoms with Crippen LogP contribution < -0.4 is 5.56 Å². The van der Waals surface area contributed by atoms with Crippen LogP contribution >= 0.6 is 0 Å². The molecule has 0 amide bonds. The van der Waals surface area contributed by atoms with Gasteiger partial charge in [0, 0.05) is 0 Å². The molecule has 0 radical (unpaired) electrons. The zero-order valence-electron chi connectivity index (χ0n) is 11.9. The number of rotatable bonds is 6. The molecule has 0 atom stereocenters. The van der Waals surface area contributed by atoms with Gasteiger partial charge in [-0.05, 0) is 20.8 Å². The Bertz CT molecular complexity index is 508. The highest BCUT2D eigenvalue weighted by molar-refractivity contribution is 5.69. The van der Waals surface area contributed by atoms with E-state index in [1.54, 1.807) is 20.8 Å². The van der Waals surface area contributed by atoms with Gasteiger partial charge in [-0.25, -0.2) is 4.98 Å². The average molecular weight is 286 g/mol. The van der Waals surface area contributed by atoms with Crippen LogP contribution in [0.15, 0.2) is 17.3 Å². The standard InChI is InChI=1S/C13H19FN2O4/c1-13(2,3)20-11(17)4-6-19-7-5-16-9-15-8-10(14)12(16)18/h8-9H,4-7H2,1-3H3. The maximum Gasteiger partial charge on any atom is 0.308 e. The molecule has 0 aliphatic rings. The average Bonchev–Trinajstić information content (AvgIpc) is 2.31. The van der Waals surface area contributed by atoms with Crippen molar-refractivity contribution >= 4 is 5.97 Å². The van der Waals surface area contributed by atoms with E-state index in [2.05, 4.69) is 4.98 Å². The summed E-state index contributed by atoms with van der Waals surface area (Å²) in [6.45, 7) is 5.91. The molecule has 0 aromatic carbocycles. The van der Waals surface area contributed by atoms with Gasteiger partial charge in [0.2, 0.25) is 5.82 Å². The Labute approximate surface area is 116 Å². The first-order chi connectivity index (χ1) is 9.29. The van der Waals surface area contributed by atoms with Crippen LogP contribution in [0.4, 0.5) is 4.39 Å². The van der Waals surface area contributed by atoms with Crippen LogP contribution in [0.3, 0.4) is 0 Å². The van der Waals surface area contributed by atoms with Crippen molar-refractivity contribution in [2.24, 2.45) is 0 Å². The lowest BCUT2D eigenvalue weighted by molar-refractivity contribution is -0.156. The summed E-state index contributed by atoms with van der Waals surface area (Å²) in [4.78, 5) is 26.3. The van der Waals surface area contributed by atoms with E-state index >= 15 is 0 Å². The van der Waals surface area contributed by atoms with Crippen molar-refractivity contribution in [1.82, 2.24) is 9.55 Å². The molecule has 0 spiro atoms. The number of halogens is 1. The molecule has 1 rings (SSSR count). The molecule has 0 aliphatic carbocycles. The van der Waals surface area contributed by atoms with Gasteiger partial charge in [-0.3, -0.25) is 14.2 Å². The minimum absolute atomic E-state index is 0.133. The number of esters is 1. The quantitative estimate of drug-likeness (QED) is 0.579. The molecule has 7 heteroatoms. The molecule has 1 aromatic rings. The lowest BCUT2D eigenvalue weighted by atomic mass is 10.2. The number of nitrogens with zero attached hydrogens (tertiary/aromatic N) is 2. The molecule has 0 saturated heterocycles. The lowest BCUT2D eigenvalue weighted by Gasteiger charge is -2.19. The summed E-state index contributed by atoms with van der Waals surface area (Å²) in [5.41, 5.74) is -1.26. The molecule has 0 unspecified atom stereocenters. The third-order valence-electron chi connectivity index (χ3n) is 2.21. The molecule has 0 bridgehead atoms. The summed E-state index contributed by atoms with van der Waals surface area (Å²) in [6, 6.07) is 0. The summed E-state index contributed by atoms with van der Waals surface area (Å²) in [6.07, 6.45) is 2.23. The molecule has 112 valence electrons. The van der Waals surface area contributed by atoms with Crippen LogP contribution in [0.5, 0.6) is 0 Å². The Morgan fingerprint density at radius 1 is 1.40 bits per heavy atom. The zero-order chi connectivity index (χ0) is 15.2. The summed E-state index contributed by atoms with van der Waals surface area (Å²) >= 11 is 0.